The SMILES string of the molecule is CCCCC(CC)C[N](CC(CC)CCCC)[Zr]([N](CC(CC)CCCC)CC(CC)CCCC)([N](CC(CC)CCCC)CC(CC)CCCC)[N](CC(CC)CCCC)CC(CC)CCCC. The molecule has 0 rings (SSSR count). The van der Waals surface area contributed by atoms with Crippen LogP contribution in [0.15, 0.2) is 0 Å². The van der Waals surface area contributed by atoms with Crippen LogP contribution in [0.1, 0.15) is 316 Å². The Morgan fingerprint density at radius 3 is 0.406 bits per heavy atom. The van der Waals surface area contributed by atoms with Gasteiger partial charge in [0.1, 0.15) is 0 Å². The zero-order valence-corrected chi connectivity index (χ0v) is 53.6. The van der Waals surface area contributed by atoms with Crippen molar-refractivity contribution < 1.29 is 21.4 Å². The summed E-state index contributed by atoms with van der Waals surface area (Å²) >= 11 is -4.28. The molecule has 8 unspecified atom stereocenters. The summed E-state index contributed by atoms with van der Waals surface area (Å²) in [6, 6.07) is 0. The second-order valence-electron chi connectivity index (χ2n) is 23.6. The Balaban J connectivity index is 9.90. The van der Waals surface area contributed by atoms with Crippen LogP contribution in [0.3, 0.4) is 0 Å². The van der Waals surface area contributed by atoms with Crippen LogP contribution < -0.4 is 0 Å². The average Bonchev–Trinajstić information content (AvgIpc) is 3.37. The van der Waals surface area contributed by atoms with Crippen molar-refractivity contribution in [3.05, 3.63) is 0 Å². The van der Waals surface area contributed by atoms with Crippen LogP contribution in [0.4, 0.5) is 0 Å². The summed E-state index contributed by atoms with van der Waals surface area (Å²) < 4.78 is 14.4. The summed E-state index contributed by atoms with van der Waals surface area (Å²) in [4.78, 5) is 0. The van der Waals surface area contributed by atoms with Gasteiger partial charge in [-0.05, 0) is 0 Å². The van der Waals surface area contributed by atoms with Crippen LogP contribution in [0.5, 0.6) is 0 Å². The normalized spacial score (nSPS) is 16.9. The van der Waals surface area contributed by atoms with Crippen molar-refractivity contribution in [2.24, 2.45) is 47.3 Å². The first-order chi connectivity index (χ1) is 33.5. The molecule has 0 bridgehead atoms. The van der Waals surface area contributed by atoms with Crippen molar-refractivity contribution in [1.82, 2.24) is 11.4 Å². The van der Waals surface area contributed by atoms with Gasteiger partial charge >= 0.3 is 449 Å². The number of hydrogen-bond acceptors (Lipinski definition) is 4. The molecule has 0 aliphatic carbocycles. The summed E-state index contributed by atoms with van der Waals surface area (Å²) in [5, 5.41) is 0. The number of nitrogens with zero attached hydrogens (tertiary/aromatic N) is 4. The molecule has 0 radical (unpaired) electrons. The monoisotopic (exact) mass is 1050 g/mol. The van der Waals surface area contributed by atoms with Gasteiger partial charge in [-0.1, -0.05) is 0 Å². The molecule has 0 saturated heterocycles. The molecule has 0 N–H and O–H groups in total. The summed E-state index contributed by atoms with van der Waals surface area (Å²) in [7, 11) is 0. The minimum atomic E-state index is -4.28. The van der Waals surface area contributed by atoms with E-state index in [9.17, 15) is 0 Å². The van der Waals surface area contributed by atoms with Gasteiger partial charge in [0.2, 0.25) is 0 Å². The molecular weight excluding hydrogens is 916 g/mol. The van der Waals surface area contributed by atoms with Gasteiger partial charge in [0.25, 0.3) is 0 Å². The van der Waals surface area contributed by atoms with Crippen molar-refractivity contribution in [3.63, 3.8) is 0 Å². The van der Waals surface area contributed by atoms with Gasteiger partial charge < -0.3 is 0 Å². The third-order valence-corrected chi connectivity index (χ3v) is 29.8. The molecule has 0 heterocycles. The predicted octanol–water partition coefficient (Wildman–Crippen LogP) is 20.7. The van der Waals surface area contributed by atoms with Gasteiger partial charge in [0.15, 0.2) is 0 Å². The van der Waals surface area contributed by atoms with Gasteiger partial charge in [-0.25, -0.2) is 0 Å². The molecule has 0 spiro atoms. The minimum absolute atomic E-state index is 0.771. The topological polar surface area (TPSA) is 13.0 Å². The van der Waals surface area contributed by atoms with Crippen LogP contribution in [-0.2, 0) is 21.4 Å². The molecule has 69 heavy (non-hydrogen) atoms. The van der Waals surface area contributed by atoms with Gasteiger partial charge in [0, 0.05) is 0 Å². The Morgan fingerprint density at radius 1 is 0.203 bits per heavy atom. The van der Waals surface area contributed by atoms with Crippen LogP contribution in [0, 0.1) is 47.3 Å². The van der Waals surface area contributed by atoms with Gasteiger partial charge in [0.05, 0.1) is 0 Å². The van der Waals surface area contributed by atoms with Gasteiger partial charge in [-0.2, -0.15) is 0 Å². The van der Waals surface area contributed by atoms with E-state index >= 15 is 0 Å². The van der Waals surface area contributed by atoms with E-state index in [-0.39, 0.29) is 0 Å². The van der Waals surface area contributed by atoms with Crippen molar-refractivity contribution in [3.8, 4) is 0 Å². The molecule has 416 valence electrons. The van der Waals surface area contributed by atoms with Crippen LogP contribution in [-0.4, -0.2) is 63.7 Å². The van der Waals surface area contributed by atoms with Crippen molar-refractivity contribution in [2.75, 3.05) is 52.4 Å². The Bertz CT molecular complexity index is 833. The molecule has 0 fully saturated rings. The average molecular weight is 1050 g/mol. The standard InChI is InChI=1S/4C16H34N.Zr/c4*1-5-9-11-15(7-3)13-17-14-16(8-4)12-10-6-2;/h4*15-16H,5-14H2,1-4H3;/q4*-1;+4. The zero-order valence-electron chi connectivity index (χ0n) is 51.2. The van der Waals surface area contributed by atoms with E-state index in [4.69, 9.17) is 0 Å². The molecule has 0 amide bonds. The number of rotatable bonds is 52. The molecule has 5 heteroatoms. The summed E-state index contributed by atoms with van der Waals surface area (Å²) in [6.07, 6.45) is 43.6. The first-order valence-corrected chi connectivity index (χ1v) is 36.9. The fourth-order valence-electron chi connectivity index (χ4n) is 12.3. The molecule has 0 aliphatic heterocycles. The molecule has 8 atom stereocenters. The first kappa shape index (κ1) is 69.7. The van der Waals surface area contributed by atoms with E-state index in [0.717, 1.165) is 47.3 Å². The summed E-state index contributed by atoms with van der Waals surface area (Å²) in [5.41, 5.74) is 0. The van der Waals surface area contributed by atoms with Crippen LogP contribution in [0.25, 0.3) is 0 Å². The van der Waals surface area contributed by atoms with E-state index < -0.39 is 21.4 Å². The fourth-order valence-corrected chi connectivity index (χ4v) is 28.1. The Morgan fingerprint density at radius 2 is 0.319 bits per heavy atom. The van der Waals surface area contributed by atoms with Crippen LogP contribution >= 0.6 is 0 Å². The van der Waals surface area contributed by atoms with Gasteiger partial charge in [-0.15, -0.1) is 0 Å². The van der Waals surface area contributed by atoms with E-state index in [1.807, 2.05) is 0 Å². The first-order valence-electron chi connectivity index (χ1n) is 32.5. The third-order valence-electron chi connectivity index (χ3n) is 17.9. The molecule has 0 aromatic carbocycles. The molecular formula is C64H136N4Zr. The van der Waals surface area contributed by atoms with E-state index in [0.29, 0.717) is 0 Å². The van der Waals surface area contributed by atoms with E-state index in [1.165, 1.54) is 258 Å². The Labute approximate surface area is 446 Å². The fraction of sp³-hybridized carbons (Fsp3) is 1.00. The van der Waals surface area contributed by atoms with Crippen LogP contribution in [0.2, 0.25) is 0 Å². The predicted molar refractivity (Wildman–Crippen MR) is 313 cm³/mol. The zero-order chi connectivity index (χ0) is 51.7. The number of unbranched alkanes of at least 4 members (excludes halogenated alkanes) is 8. The van der Waals surface area contributed by atoms with E-state index in [2.05, 4.69) is 122 Å². The maximum absolute atomic E-state index is 4.28. The Hall–Kier alpha value is 0.723. The Kier molecular flexibility index (Phi) is 46.5. The second-order valence-corrected chi connectivity index (χ2v) is 32.7. The van der Waals surface area contributed by atoms with Crippen molar-refractivity contribution >= 4 is 0 Å². The van der Waals surface area contributed by atoms with Crippen molar-refractivity contribution in [2.45, 2.75) is 316 Å². The summed E-state index contributed by atoms with van der Waals surface area (Å²) in [6.45, 7) is 51.2. The molecule has 0 aliphatic rings. The quantitative estimate of drug-likeness (QED) is 0.0602. The van der Waals surface area contributed by atoms with E-state index in [1.54, 1.807) is 0 Å². The second kappa shape index (κ2) is 46.1. The maximum atomic E-state index is 3.61. The number of hydrogen-bond donors (Lipinski definition) is 0. The van der Waals surface area contributed by atoms with Crippen molar-refractivity contribution in [1.29, 1.82) is 0 Å². The third kappa shape index (κ3) is 27.9. The molecule has 4 nitrogen and oxygen atoms in total. The summed E-state index contributed by atoms with van der Waals surface area (Å²) in [5.74, 6) is 6.17. The molecule has 0 aromatic rings. The molecule has 0 aromatic heterocycles. The molecule has 0 saturated carbocycles. The van der Waals surface area contributed by atoms with Gasteiger partial charge in [-0.3, -0.25) is 0 Å².